The van der Waals surface area contributed by atoms with Crippen LogP contribution in [0.15, 0.2) is 24.3 Å². The number of nitrogens with one attached hydrogen (secondary N) is 1. The number of ether oxygens (including phenoxy) is 2. The molecule has 1 N–H and O–H groups in total. The number of para-hydroxylation sites is 1. The van der Waals surface area contributed by atoms with Crippen LogP contribution in [0.2, 0.25) is 0 Å². The van der Waals surface area contributed by atoms with Gasteiger partial charge in [0.2, 0.25) is 5.91 Å². The molecule has 1 aromatic rings. The van der Waals surface area contributed by atoms with Crippen LogP contribution in [0.25, 0.3) is 0 Å². The monoisotopic (exact) mass is 237 g/mol. The van der Waals surface area contributed by atoms with E-state index in [1.165, 1.54) is 0 Å². The van der Waals surface area contributed by atoms with E-state index in [-0.39, 0.29) is 18.6 Å². The fourth-order valence-corrected chi connectivity index (χ4v) is 1.58. The Morgan fingerprint density at radius 1 is 1.41 bits per heavy atom. The summed E-state index contributed by atoms with van der Waals surface area (Å²) in [5.41, 5.74) is 0.958. The van der Waals surface area contributed by atoms with Gasteiger partial charge in [0.25, 0.3) is 0 Å². The highest BCUT2D eigenvalue weighted by atomic mass is 16.5. The van der Waals surface area contributed by atoms with Crippen LogP contribution in [0.4, 0.5) is 0 Å². The van der Waals surface area contributed by atoms with E-state index >= 15 is 0 Å². The average Bonchev–Trinajstić information content (AvgIpc) is 2.36. The molecule has 17 heavy (non-hydrogen) atoms. The number of rotatable bonds is 6. The molecule has 0 unspecified atom stereocenters. The van der Waals surface area contributed by atoms with Crippen LogP contribution >= 0.6 is 0 Å². The normalized spacial score (nSPS) is 11.9. The van der Waals surface area contributed by atoms with Crippen molar-refractivity contribution >= 4 is 5.91 Å². The Balaban J connectivity index is 2.62. The second kappa shape index (κ2) is 6.91. The maximum atomic E-state index is 11.5. The van der Waals surface area contributed by atoms with Crippen LogP contribution in [0, 0.1) is 0 Å². The van der Waals surface area contributed by atoms with Crippen molar-refractivity contribution in [3.63, 3.8) is 0 Å². The van der Waals surface area contributed by atoms with Gasteiger partial charge in [-0.05, 0) is 19.9 Å². The minimum absolute atomic E-state index is 0.0932. The summed E-state index contributed by atoms with van der Waals surface area (Å²) in [7, 11) is 1.62. The van der Waals surface area contributed by atoms with Gasteiger partial charge in [-0.15, -0.1) is 0 Å². The number of carbonyl (C=O) groups excluding carboxylic acids is 1. The topological polar surface area (TPSA) is 47.6 Å². The predicted octanol–water partition coefficient (Wildman–Crippen LogP) is 1.91. The van der Waals surface area contributed by atoms with Crippen LogP contribution in [-0.4, -0.2) is 26.2 Å². The third-order valence-electron chi connectivity index (χ3n) is 2.42. The van der Waals surface area contributed by atoms with Crippen molar-refractivity contribution in [2.75, 3.05) is 20.3 Å². The molecule has 0 aliphatic carbocycles. The van der Waals surface area contributed by atoms with Crippen molar-refractivity contribution in [1.82, 2.24) is 5.32 Å². The molecule has 94 valence electrons. The molecule has 0 aliphatic rings. The highest BCUT2D eigenvalue weighted by Gasteiger charge is 2.13. The third kappa shape index (κ3) is 4.07. The summed E-state index contributed by atoms with van der Waals surface area (Å²) >= 11 is 0. The first kappa shape index (κ1) is 13.5. The Morgan fingerprint density at radius 2 is 2.12 bits per heavy atom. The van der Waals surface area contributed by atoms with Crippen LogP contribution < -0.4 is 10.1 Å². The number of hydrogen-bond acceptors (Lipinski definition) is 3. The Labute approximate surface area is 102 Å². The van der Waals surface area contributed by atoms with E-state index in [4.69, 9.17) is 9.47 Å². The number of hydrogen-bond donors (Lipinski definition) is 1. The van der Waals surface area contributed by atoms with Crippen molar-refractivity contribution < 1.29 is 14.3 Å². The second-order valence-electron chi connectivity index (χ2n) is 3.67. The van der Waals surface area contributed by atoms with E-state index in [9.17, 15) is 4.79 Å². The average molecular weight is 237 g/mol. The van der Waals surface area contributed by atoms with Crippen LogP contribution in [0.3, 0.4) is 0 Å². The van der Waals surface area contributed by atoms with E-state index in [2.05, 4.69) is 5.32 Å². The van der Waals surface area contributed by atoms with Gasteiger partial charge in [0, 0.05) is 12.2 Å². The maximum absolute atomic E-state index is 11.5. The summed E-state index contributed by atoms with van der Waals surface area (Å²) in [6.45, 7) is 4.41. The lowest BCUT2D eigenvalue weighted by atomic mass is 10.1. The second-order valence-corrected chi connectivity index (χ2v) is 3.67. The largest absolute Gasteiger partial charge is 0.496 e. The first-order valence-corrected chi connectivity index (χ1v) is 5.69. The molecule has 0 saturated carbocycles. The fraction of sp³-hybridized carbons (Fsp3) is 0.462. The van der Waals surface area contributed by atoms with E-state index < -0.39 is 0 Å². The molecule has 4 nitrogen and oxygen atoms in total. The van der Waals surface area contributed by atoms with E-state index in [1.54, 1.807) is 7.11 Å². The van der Waals surface area contributed by atoms with Crippen LogP contribution in [0.5, 0.6) is 5.75 Å². The molecule has 0 bridgehead atoms. The van der Waals surface area contributed by atoms with Gasteiger partial charge in [-0.3, -0.25) is 4.79 Å². The third-order valence-corrected chi connectivity index (χ3v) is 2.42. The quantitative estimate of drug-likeness (QED) is 0.822. The lowest BCUT2D eigenvalue weighted by Crippen LogP contribution is -2.30. The zero-order valence-corrected chi connectivity index (χ0v) is 10.5. The highest BCUT2D eigenvalue weighted by molar-refractivity contribution is 5.77. The van der Waals surface area contributed by atoms with Crippen molar-refractivity contribution in [3.8, 4) is 5.75 Å². The van der Waals surface area contributed by atoms with Gasteiger partial charge in [0.15, 0.2) is 0 Å². The zero-order valence-electron chi connectivity index (χ0n) is 10.5. The number of benzene rings is 1. The van der Waals surface area contributed by atoms with E-state index in [1.807, 2.05) is 38.1 Å². The zero-order chi connectivity index (χ0) is 12.7. The van der Waals surface area contributed by atoms with Gasteiger partial charge in [-0.25, -0.2) is 0 Å². The standard InChI is InChI=1S/C13H19NO3/c1-4-17-9-13(15)14-10(2)11-7-5-6-8-12(11)16-3/h5-8,10H,4,9H2,1-3H3,(H,14,15)/t10-/m1/s1. The Bertz CT molecular complexity index is 365. The maximum Gasteiger partial charge on any atom is 0.246 e. The summed E-state index contributed by atoms with van der Waals surface area (Å²) in [5, 5.41) is 2.86. The first-order valence-electron chi connectivity index (χ1n) is 5.69. The van der Waals surface area contributed by atoms with Gasteiger partial charge in [0.05, 0.1) is 13.2 Å². The molecule has 0 heterocycles. The Morgan fingerprint density at radius 3 is 2.76 bits per heavy atom. The fourth-order valence-electron chi connectivity index (χ4n) is 1.58. The summed E-state index contributed by atoms with van der Waals surface area (Å²) < 4.78 is 10.3. The molecular formula is C13H19NO3. The number of methoxy groups -OCH3 is 1. The Kier molecular flexibility index (Phi) is 5.49. The predicted molar refractivity (Wildman–Crippen MR) is 66.0 cm³/mol. The molecule has 1 rings (SSSR count). The molecule has 4 heteroatoms. The van der Waals surface area contributed by atoms with Crippen LogP contribution in [-0.2, 0) is 9.53 Å². The number of amides is 1. The lowest BCUT2D eigenvalue weighted by Gasteiger charge is -2.17. The van der Waals surface area contributed by atoms with Crippen molar-refractivity contribution in [2.45, 2.75) is 19.9 Å². The summed E-state index contributed by atoms with van der Waals surface area (Å²) in [6.07, 6.45) is 0. The molecule has 1 aromatic carbocycles. The highest BCUT2D eigenvalue weighted by Crippen LogP contribution is 2.23. The molecule has 1 amide bonds. The van der Waals surface area contributed by atoms with Gasteiger partial charge in [0.1, 0.15) is 12.4 Å². The first-order chi connectivity index (χ1) is 8.19. The molecule has 1 atom stereocenters. The minimum Gasteiger partial charge on any atom is -0.496 e. The van der Waals surface area contributed by atoms with Gasteiger partial charge in [-0.2, -0.15) is 0 Å². The van der Waals surface area contributed by atoms with E-state index in [0.717, 1.165) is 11.3 Å². The molecule has 0 aromatic heterocycles. The molecule has 0 fully saturated rings. The molecule has 0 saturated heterocycles. The minimum atomic E-state index is -0.120. The van der Waals surface area contributed by atoms with Gasteiger partial charge >= 0.3 is 0 Å². The molecule has 0 spiro atoms. The summed E-state index contributed by atoms with van der Waals surface area (Å²) in [4.78, 5) is 11.5. The van der Waals surface area contributed by atoms with Gasteiger partial charge in [-0.1, -0.05) is 18.2 Å². The molecule has 0 radical (unpaired) electrons. The van der Waals surface area contributed by atoms with Crippen molar-refractivity contribution in [1.29, 1.82) is 0 Å². The Hall–Kier alpha value is -1.55. The number of carbonyl (C=O) groups is 1. The van der Waals surface area contributed by atoms with Crippen molar-refractivity contribution in [3.05, 3.63) is 29.8 Å². The molecular weight excluding hydrogens is 218 g/mol. The summed E-state index contributed by atoms with van der Waals surface area (Å²) in [5.74, 6) is 0.655. The van der Waals surface area contributed by atoms with Crippen molar-refractivity contribution in [2.24, 2.45) is 0 Å². The van der Waals surface area contributed by atoms with E-state index in [0.29, 0.717) is 6.61 Å². The lowest BCUT2D eigenvalue weighted by molar-refractivity contribution is -0.126. The summed E-state index contributed by atoms with van der Waals surface area (Å²) in [6, 6.07) is 7.53. The van der Waals surface area contributed by atoms with Gasteiger partial charge < -0.3 is 14.8 Å². The smallest absolute Gasteiger partial charge is 0.246 e. The SMILES string of the molecule is CCOCC(=O)N[C@H](C)c1ccccc1OC. The van der Waals surface area contributed by atoms with Crippen LogP contribution in [0.1, 0.15) is 25.5 Å². The molecule has 0 aliphatic heterocycles.